The maximum Gasteiger partial charge on any atom is 0.161 e. The number of hydrogen-bond donors (Lipinski definition) is 2. The van der Waals surface area contributed by atoms with Gasteiger partial charge in [-0.3, -0.25) is 10.2 Å². The van der Waals surface area contributed by atoms with Crippen molar-refractivity contribution in [1.29, 1.82) is 5.41 Å². The van der Waals surface area contributed by atoms with Crippen molar-refractivity contribution in [2.45, 2.75) is 26.8 Å². The van der Waals surface area contributed by atoms with Crippen LogP contribution in [0.5, 0.6) is 0 Å². The van der Waals surface area contributed by atoms with Gasteiger partial charge in [0.15, 0.2) is 5.78 Å². The summed E-state index contributed by atoms with van der Waals surface area (Å²) in [7, 11) is 0. The predicted molar refractivity (Wildman–Crippen MR) is 65.2 cm³/mol. The van der Waals surface area contributed by atoms with Gasteiger partial charge >= 0.3 is 0 Å². The van der Waals surface area contributed by atoms with Crippen LogP contribution in [-0.2, 0) is 4.79 Å². The van der Waals surface area contributed by atoms with Gasteiger partial charge in [0.1, 0.15) is 5.84 Å². The number of Topliss-reactive ketones (excluding diaryl/α,β-unsaturated/α-hetero) is 1. The lowest BCUT2D eigenvalue weighted by molar-refractivity contribution is -0.113. The number of allylic oxidation sites excluding steroid dienone is 2. The van der Waals surface area contributed by atoms with Crippen LogP contribution in [0.1, 0.15) is 20.8 Å². The number of nitrogens with one attached hydrogen (secondary N) is 1. The van der Waals surface area contributed by atoms with Gasteiger partial charge in [0.25, 0.3) is 0 Å². The fourth-order valence-corrected chi connectivity index (χ4v) is 2.17. The Hall–Kier alpha value is -1.58. The van der Waals surface area contributed by atoms with Crippen LogP contribution in [0.3, 0.4) is 0 Å². The molecule has 2 unspecified atom stereocenters. The van der Waals surface area contributed by atoms with E-state index < -0.39 is 0 Å². The Morgan fingerprint density at radius 2 is 2.19 bits per heavy atom. The van der Waals surface area contributed by atoms with Crippen molar-refractivity contribution in [2.24, 2.45) is 11.7 Å². The van der Waals surface area contributed by atoms with Crippen molar-refractivity contribution >= 4 is 11.6 Å². The number of carbonyl (C=O) groups is 1. The molecule has 0 spiro atoms. The third-order valence-corrected chi connectivity index (χ3v) is 3.00. The lowest BCUT2D eigenvalue weighted by Crippen LogP contribution is -2.60. The monoisotopic (exact) mass is 221 g/mol. The van der Waals surface area contributed by atoms with E-state index in [9.17, 15) is 4.79 Å². The van der Waals surface area contributed by atoms with E-state index in [0.29, 0.717) is 17.2 Å². The summed E-state index contributed by atoms with van der Waals surface area (Å²) in [5, 5.41) is 7.50. The van der Waals surface area contributed by atoms with E-state index in [0.717, 1.165) is 6.54 Å². The van der Waals surface area contributed by atoms with E-state index in [4.69, 9.17) is 11.1 Å². The Kier molecular flexibility index (Phi) is 3.52. The van der Waals surface area contributed by atoms with Gasteiger partial charge in [-0.05, 0) is 13.8 Å². The molecule has 0 aromatic rings. The quantitative estimate of drug-likeness (QED) is 0.325. The van der Waals surface area contributed by atoms with Crippen LogP contribution < -0.4 is 5.73 Å². The van der Waals surface area contributed by atoms with E-state index in [1.807, 2.05) is 18.7 Å². The largest absolute Gasteiger partial charge is 0.386 e. The first-order chi connectivity index (χ1) is 7.40. The first-order valence-electron chi connectivity index (χ1n) is 5.37. The molecule has 88 valence electrons. The molecule has 16 heavy (non-hydrogen) atoms. The Morgan fingerprint density at radius 3 is 2.50 bits per heavy atom. The standard InChI is InChI=1S/C12H19N3O/c1-5-10(9(4)16)8(3)15-6-7(2)11(15)12(13)14/h5,7,11H,3,6H2,1-2,4H3,(H3,13,14). The van der Waals surface area contributed by atoms with Crippen molar-refractivity contribution in [2.75, 3.05) is 6.54 Å². The summed E-state index contributed by atoms with van der Waals surface area (Å²) in [4.78, 5) is 13.3. The van der Waals surface area contributed by atoms with Crippen LogP contribution in [0.4, 0.5) is 0 Å². The van der Waals surface area contributed by atoms with Gasteiger partial charge in [0.05, 0.1) is 6.04 Å². The van der Waals surface area contributed by atoms with Crippen LogP contribution in [-0.4, -0.2) is 29.1 Å². The van der Waals surface area contributed by atoms with Gasteiger partial charge in [-0.25, -0.2) is 0 Å². The van der Waals surface area contributed by atoms with Gasteiger partial charge in [0, 0.05) is 23.7 Å². The second-order valence-electron chi connectivity index (χ2n) is 4.24. The third-order valence-electron chi connectivity index (χ3n) is 3.00. The summed E-state index contributed by atoms with van der Waals surface area (Å²) >= 11 is 0. The van der Waals surface area contributed by atoms with Gasteiger partial charge in [-0.15, -0.1) is 0 Å². The lowest BCUT2D eigenvalue weighted by atomic mass is 9.87. The van der Waals surface area contributed by atoms with Gasteiger partial charge in [-0.2, -0.15) is 0 Å². The van der Waals surface area contributed by atoms with E-state index in [-0.39, 0.29) is 17.7 Å². The van der Waals surface area contributed by atoms with Crippen molar-refractivity contribution in [3.63, 3.8) is 0 Å². The highest BCUT2D eigenvalue weighted by molar-refractivity contribution is 5.97. The van der Waals surface area contributed by atoms with Crippen LogP contribution in [0, 0.1) is 11.3 Å². The molecule has 2 atom stereocenters. The molecular weight excluding hydrogens is 202 g/mol. The number of amidine groups is 1. The average molecular weight is 221 g/mol. The fourth-order valence-electron chi connectivity index (χ4n) is 2.17. The number of ketones is 1. The molecule has 4 nitrogen and oxygen atoms in total. The van der Waals surface area contributed by atoms with Crippen LogP contribution >= 0.6 is 0 Å². The summed E-state index contributed by atoms with van der Waals surface area (Å²) in [6, 6.07) is -0.109. The molecule has 0 aromatic carbocycles. The number of rotatable bonds is 4. The number of likely N-dealkylation sites (tertiary alicyclic amines) is 1. The van der Waals surface area contributed by atoms with Crippen molar-refractivity contribution in [3.05, 3.63) is 23.9 Å². The van der Waals surface area contributed by atoms with Gasteiger partial charge < -0.3 is 10.6 Å². The predicted octanol–water partition coefficient (Wildman–Crippen LogP) is 1.29. The molecule has 1 fully saturated rings. The molecule has 0 radical (unpaired) electrons. The minimum Gasteiger partial charge on any atom is -0.386 e. The third kappa shape index (κ3) is 2.01. The first-order valence-corrected chi connectivity index (χ1v) is 5.37. The normalized spacial score (nSPS) is 24.9. The molecule has 0 bridgehead atoms. The Bertz CT molecular complexity index is 370. The zero-order chi connectivity index (χ0) is 12.5. The topological polar surface area (TPSA) is 70.2 Å². The van der Waals surface area contributed by atoms with E-state index in [1.165, 1.54) is 6.92 Å². The van der Waals surface area contributed by atoms with E-state index >= 15 is 0 Å². The average Bonchev–Trinajstić information content (AvgIpc) is 2.12. The van der Waals surface area contributed by atoms with Crippen LogP contribution in [0.15, 0.2) is 23.9 Å². The van der Waals surface area contributed by atoms with Crippen molar-refractivity contribution < 1.29 is 4.79 Å². The molecule has 0 aliphatic carbocycles. The smallest absolute Gasteiger partial charge is 0.161 e. The van der Waals surface area contributed by atoms with Crippen LogP contribution in [0.2, 0.25) is 0 Å². The van der Waals surface area contributed by atoms with E-state index in [2.05, 4.69) is 6.58 Å². The first kappa shape index (κ1) is 12.5. The second kappa shape index (κ2) is 4.51. The Morgan fingerprint density at radius 1 is 1.62 bits per heavy atom. The summed E-state index contributed by atoms with van der Waals surface area (Å²) < 4.78 is 0. The molecule has 0 saturated carbocycles. The molecule has 1 aliphatic rings. The summed E-state index contributed by atoms with van der Waals surface area (Å²) in [6.45, 7) is 10.1. The van der Waals surface area contributed by atoms with Crippen LogP contribution in [0.25, 0.3) is 0 Å². The fraction of sp³-hybridized carbons (Fsp3) is 0.500. The number of carbonyl (C=O) groups excluding carboxylic acids is 1. The zero-order valence-electron chi connectivity index (χ0n) is 10.1. The highest BCUT2D eigenvalue weighted by Crippen LogP contribution is 2.31. The molecule has 3 N–H and O–H groups in total. The zero-order valence-corrected chi connectivity index (χ0v) is 10.1. The maximum atomic E-state index is 11.4. The summed E-state index contributed by atoms with van der Waals surface area (Å²) in [6.07, 6.45) is 1.75. The minimum absolute atomic E-state index is 0.00523. The molecule has 1 aliphatic heterocycles. The van der Waals surface area contributed by atoms with Crippen molar-refractivity contribution in [1.82, 2.24) is 4.90 Å². The summed E-state index contributed by atoms with van der Waals surface area (Å²) in [5.41, 5.74) is 6.81. The number of hydrogen-bond acceptors (Lipinski definition) is 3. The SMILES string of the molecule is C=C(C(=CC)C(C)=O)N1CC(C)C1C(=N)N. The van der Waals surface area contributed by atoms with Crippen molar-refractivity contribution in [3.8, 4) is 0 Å². The molecule has 0 amide bonds. The molecule has 1 rings (SSSR count). The number of nitrogens with two attached hydrogens (primary N) is 1. The summed E-state index contributed by atoms with van der Waals surface area (Å²) in [5.74, 6) is 0.479. The maximum absolute atomic E-state index is 11.4. The minimum atomic E-state index is -0.109. The van der Waals surface area contributed by atoms with Gasteiger partial charge in [-0.1, -0.05) is 19.6 Å². The molecular formula is C12H19N3O. The highest BCUT2D eigenvalue weighted by Gasteiger charge is 2.39. The Labute approximate surface area is 96.3 Å². The van der Waals surface area contributed by atoms with Gasteiger partial charge in [0.2, 0.25) is 0 Å². The number of nitrogens with zero attached hydrogens (tertiary/aromatic N) is 1. The molecule has 1 heterocycles. The molecule has 0 aromatic heterocycles. The van der Waals surface area contributed by atoms with E-state index in [1.54, 1.807) is 6.08 Å². The lowest BCUT2D eigenvalue weighted by Gasteiger charge is -2.48. The molecule has 1 saturated heterocycles. The highest BCUT2D eigenvalue weighted by atomic mass is 16.1. The molecule has 4 heteroatoms. The Balaban J connectivity index is 2.84. The second-order valence-corrected chi connectivity index (χ2v) is 4.24.